The van der Waals surface area contributed by atoms with Gasteiger partial charge in [-0.25, -0.2) is 15.1 Å². The maximum atomic E-state index is 13.2. The molecule has 0 aliphatic heterocycles. The molecule has 10 nitrogen and oxygen atoms in total. The van der Waals surface area contributed by atoms with Crippen molar-refractivity contribution in [1.82, 2.24) is 9.97 Å². The number of hydrogen-bond acceptors (Lipinski definition) is 10. The van der Waals surface area contributed by atoms with Gasteiger partial charge < -0.3 is 15.5 Å². The first kappa shape index (κ1) is 24.4. The summed E-state index contributed by atoms with van der Waals surface area (Å²) in [4.78, 5) is 22.9. The minimum absolute atomic E-state index is 0.176. The predicted molar refractivity (Wildman–Crippen MR) is 126 cm³/mol. The van der Waals surface area contributed by atoms with Crippen LogP contribution in [0.4, 0.5) is 5.82 Å². The Kier molecular flexibility index (Phi) is 7.36. The number of carbonyl (C=O) groups excluding carboxylic acids is 1. The van der Waals surface area contributed by atoms with Gasteiger partial charge in [0.25, 0.3) is 0 Å². The normalized spacial score (nSPS) is 22.6. The average Bonchev–Trinajstić information content (AvgIpc) is 3.38. The lowest BCUT2D eigenvalue weighted by Gasteiger charge is -2.19. The van der Waals surface area contributed by atoms with Crippen molar-refractivity contribution < 1.29 is 27.6 Å². The van der Waals surface area contributed by atoms with Crippen LogP contribution < -0.4 is 10.5 Å². The molecule has 0 unspecified atom stereocenters. The number of hydrogen-bond donors (Lipinski definition) is 4. The number of aromatic nitrogens is 2. The number of benzene rings is 1. The third-order valence-electron chi connectivity index (χ3n) is 5.63. The van der Waals surface area contributed by atoms with Gasteiger partial charge >= 0.3 is 10.3 Å². The van der Waals surface area contributed by atoms with Crippen LogP contribution in [0.5, 0.6) is 0 Å². The van der Waals surface area contributed by atoms with Crippen molar-refractivity contribution in [2.75, 3.05) is 11.9 Å². The molecule has 1 aliphatic rings. The van der Waals surface area contributed by atoms with E-state index in [0.717, 1.165) is 10.4 Å². The zero-order chi connectivity index (χ0) is 24.3. The molecule has 1 aromatic carbocycles. The molecule has 180 valence electrons. The molecule has 4 rings (SSSR count). The lowest BCUT2D eigenvalue weighted by Crippen LogP contribution is -2.36. The molecule has 12 heteroatoms. The number of nitrogens with one attached hydrogen (secondary N) is 1. The Labute approximate surface area is 200 Å². The van der Waals surface area contributed by atoms with Gasteiger partial charge in [0.05, 0.1) is 29.2 Å². The molecule has 1 saturated carbocycles. The molecule has 0 saturated heterocycles. The van der Waals surface area contributed by atoms with Crippen molar-refractivity contribution in [3.8, 4) is 0 Å². The molecule has 2 aromatic heterocycles. The molecule has 3 aromatic rings. The Balaban J connectivity index is 1.47. The van der Waals surface area contributed by atoms with E-state index in [2.05, 4.69) is 19.5 Å². The number of nitrogens with zero attached hydrogens (tertiary/aromatic N) is 2. The highest BCUT2D eigenvalue weighted by atomic mass is 32.2. The number of nitrogens with two attached hydrogens (primary N) is 1. The third kappa shape index (κ3) is 5.84. The van der Waals surface area contributed by atoms with Gasteiger partial charge in [-0.15, -0.1) is 11.3 Å². The number of anilines is 1. The highest BCUT2D eigenvalue weighted by Crippen LogP contribution is 2.31. The molecule has 5 N–H and O–H groups in total. The fourth-order valence-corrected chi connectivity index (χ4v) is 5.29. The van der Waals surface area contributed by atoms with E-state index in [-0.39, 0.29) is 30.2 Å². The van der Waals surface area contributed by atoms with Crippen LogP contribution in [0.2, 0.25) is 0 Å². The van der Waals surface area contributed by atoms with Crippen molar-refractivity contribution in [3.63, 3.8) is 0 Å². The molecule has 0 amide bonds. The first-order valence-corrected chi connectivity index (χ1v) is 12.8. The zero-order valence-corrected chi connectivity index (χ0v) is 19.6. The summed E-state index contributed by atoms with van der Waals surface area (Å²) in [7, 11) is -4.17. The Morgan fingerprint density at radius 1 is 1.18 bits per heavy atom. The van der Waals surface area contributed by atoms with Crippen molar-refractivity contribution in [2.24, 2.45) is 11.1 Å². The van der Waals surface area contributed by atoms with Gasteiger partial charge in [-0.3, -0.25) is 8.98 Å². The quantitative estimate of drug-likeness (QED) is 0.312. The van der Waals surface area contributed by atoms with Gasteiger partial charge in [0.2, 0.25) is 5.78 Å². The molecule has 0 radical (unpaired) electrons. The van der Waals surface area contributed by atoms with E-state index in [1.54, 1.807) is 6.07 Å². The van der Waals surface area contributed by atoms with E-state index in [0.29, 0.717) is 11.3 Å². The van der Waals surface area contributed by atoms with Crippen LogP contribution in [-0.4, -0.2) is 59.2 Å². The maximum Gasteiger partial charge on any atom is 0.333 e. The summed E-state index contributed by atoms with van der Waals surface area (Å²) in [5.41, 5.74) is 1.37. The highest BCUT2D eigenvalue weighted by Gasteiger charge is 2.42. The Hall–Kier alpha value is -2.74. The van der Waals surface area contributed by atoms with Gasteiger partial charge in [-0.05, 0) is 24.1 Å². The Bertz CT molecular complexity index is 1250. The number of aliphatic hydroxyl groups excluding tert-OH is 2. The minimum Gasteiger partial charge on any atom is -0.390 e. The lowest BCUT2D eigenvalue weighted by atomic mass is 10.1. The molecule has 2 heterocycles. The number of rotatable bonds is 9. The van der Waals surface area contributed by atoms with Gasteiger partial charge in [-0.1, -0.05) is 30.3 Å². The van der Waals surface area contributed by atoms with E-state index in [1.807, 2.05) is 36.4 Å². The van der Waals surface area contributed by atoms with E-state index in [4.69, 9.17) is 5.14 Å². The third-order valence-corrected chi connectivity index (χ3v) is 7.18. The van der Waals surface area contributed by atoms with Crippen molar-refractivity contribution in [1.29, 1.82) is 0 Å². The second-order valence-electron chi connectivity index (χ2n) is 8.05. The summed E-state index contributed by atoms with van der Waals surface area (Å²) in [5.74, 6) is -0.735. The minimum atomic E-state index is -4.17. The first-order chi connectivity index (χ1) is 16.2. The topological polar surface area (TPSA) is 165 Å². The number of carbonyl (C=O) groups is 1. The predicted octanol–water partition coefficient (Wildman–Crippen LogP) is 1.10. The van der Waals surface area contributed by atoms with Gasteiger partial charge in [-0.2, -0.15) is 8.42 Å². The Morgan fingerprint density at radius 2 is 1.94 bits per heavy atom. The summed E-state index contributed by atoms with van der Waals surface area (Å²) in [6.45, 7) is -0.371. The monoisotopic (exact) mass is 504 g/mol. The maximum absolute atomic E-state index is 13.2. The van der Waals surface area contributed by atoms with Gasteiger partial charge in [0, 0.05) is 23.4 Å². The van der Waals surface area contributed by atoms with Crippen LogP contribution in [-0.2, 0) is 20.9 Å². The van der Waals surface area contributed by atoms with Gasteiger partial charge in [0.15, 0.2) is 0 Å². The van der Waals surface area contributed by atoms with E-state index < -0.39 is 34.5 Å². The summed E-state index contributed by atoms with van der Waals surface area (Å²) in [6, 6.07) is 12.9. The molecule has 0 bridgehead atoms. The molecular weight excluding hydrogens is 480 g/mol. The average molecular weight is 505 g/mol. The van der Waals surface area contributed by atoms with Gasteiger partial charge in [0.1, 0.15) is 18.2 Å². The summed E-state index contributed by atoms with van der Waals surface area (Å²) < 4.78 is 26.7. The summed E-state index contributed by atoms with van der Waals surface area (Å²) >= 11 is 1.38. The zero-order valence-electron chi connectivity index (χ0n) is 17.9. The smallest absolute Gasteiger partial charge is 0.333 e. The van der Waals surface area contributed by atoms with E-state index >= 15 is 0 Å². The van der Waals surface area contributed by atoms with Crippen LogP contribution in [0.15, 0.2) is 55.0 Å². The van der Waals surface area contributed by atoms with Crippen LogP contribution in [0.3, 0.4) is 0 Å². The fourth-order valence-electron chi connectivity index (χ4n) is 3.93. The number of aliphatic hydroxyl groups is 2. The van der Waals surface area contributed by atoms with Crippen LogP contribution in [0.1, 0.15) is 32.1 Å². The van der Waals surface area contributed by atoms with Crippen molar-refractivity contribution in [2.45, 2.75) is 31.1 Å². The summed E-state index contributed by atoms with van der Waals surface area (Å²) in [6.07, 6.45) is 1.09. The first-order valence-electron chi connectivity index (χ1n) is 10.5. The lowest BCUT2D eigenvalue weighted by molar-refractivity contribution is 0.00778. The second-order valence-corrected chi connectivity index (χ2v) is 10.4. The molecule has 0 spiro atoms. The summed E-state index contributed by atoms with van der Waals surface area (Å²) in [5, 5.41) is 28.6. The highest BCUT2D eigenvalue weighted by molar-refractivity contribution is 7.84. The van der Waals surface area contributed by atoms with E-state index in [9.17, 15) is 23.4 Å². The number of ketones is 1. The molecular formula is C22H24N4O6S2. The molecule has 1 aliphatic carbocycles. The van der Waals surface area contributed by atoms with Crippen LogP contribution in [0.25, 0.3) is 0 Å². The van der Waals surface area contributed by atoms with Crippen LogP contribution >= 0.6 is 11.3 Å². The number of thiophene rings is 1. The van der Waals surface area contributed by atoms with Crippen molar-refractivity contribution >= 4 is 33.2 Å². The SMILES string of the molecule is NS(=O)(=O)OC[C@H]1C[C@@H](Nc2ncncc2C(=O)c2ccc(Cc3ccccc3)s2)[C@H](O)[C@@H]1O. The largest absolute Gasteiger partial charge is 0.390 e. The van der Waals surface area contributed by atoms with Crippen molar-refractivity contribution in [3.05, 3.63) is 75.9 Å². The standard InChI is InChI=1S/C22H24N4O6S2/c23-34(30,31)32-11-14-9-17(21(29)19(14)27)26-22-16(10-24-12-25-22)20(28)18-7-6-15(33-18)8-13-4-2-1-3-5-13/h1-7,10,12,14,17,19,21,27,29H,8-9,11H2,(H2,23,30,31)(H,24,25,26)/t14-,17-,19-,21+/m1/s1. The second kappa shape index (κ2) is 10.3. The molecule has 4 atom stereocenters. The molecule has 34 heavy (non-hydrogen) atoms. The molecule has 1 fully saturated rings. The fraction of sp³-hybridized carbons (Fsp3) is 0.318. The van der Waals surface area contributed by atoms with Crippen LogP contribution in [0, 0.1) is 5.92 Å². The Morgan fingerprint density at radius 3 is 2.68 bits per heavy atom. The van der Waals surface area contributed by atoms with E-state index in [1.165, 1.54) is 23.9 Å².